The summed E-state index contributed by atoms with van der Waals surface area (Å²) in [6, 6.07) is -0.0438. The summed E-state index contributed by atoms with van der Waals surface area (Å²) in [7, 11) is 1.94. The molecule has 0 aromatic carbocycles. The fourth-order valence-corrected chi connectivity index (χ4v) is 1.61. The zero-order valence-corrected chi connectivity index (χ0v) is 9.76. The number of rotatable bonds is 4. The summed E-state index contributed by atoms with van der Waals surface area (Å²) in [5.74, 6) is -0.220. The summed E-state index contributed by atoms with van der Waals surface area (Å²) < 4.78 is 0. The van der Waals surface area contributed by atoms with E-state index in [-0.39, 0.29) is 11.9 Å². The Hall–Kier alpha value is -1.10. The van der Waals surface area contributed by atoms with Gasteiger partial charge in [0.25, 0.3) is 5.91 Å². The molecule has 0 bridgehead atoms. The second kappa shape index (κ2) is 4.18. The van der Waals surface area contributed by atoms with E-state index in [0.29, 0.717) is 19.0 Å². The SMILES string of the molecule is CC[C@]1(CN(C)C(C)C)NC(=O)NC1=O. The van der Waals surface area contributed by atoms with E-state index < -0.39 is 5.54 Å². The lowest BCUT2D eigenvalue weighted by molar-refractivity contribution is -0.124. The molecule has 0 aromatic rings. The molecule has 5 nitrogen and oxygen atoms in total. The highest BCUT2D eigenvalue weighted by Crippen LogP contribution is 2.17. The Morgan fingerprint density at radius 1 is 1.40 bits per heavy atom. The number of nitrogens with one attached hydrogen (secondary N) is 2. The van der Waals surface area contributed by atoms with Crippen molar-refractivity contribution in [3.63, 3.8) is 0 Å². The molecule has 0 unspecified atom stereocenters. The van der Waals surface area contributed by atoms with E-state index in [1.807, 2.05) is 14.0 Å². The van der Waals surface area contributed by atoms with Crippen LogP contribution in [0.15, 0.2) is 0 Å². The summed E-state index contributed by atoms with van der Waals surface area (Å²) in [6.07, 6.45) is 0.599. The van der Waals surface area contributed by atoms with Crippen molar-refractivity contribution >= 4 is 11.9 Å². The molecular formula is C10H19N3O2. The molecule has 1 aliphatic heterocycles. The molecule has 5 heteroatoms. The first-order valence-corrected chi connectivity index (χ1v) is 5.25. The van der Waals surface area contributed by atoms with Crippen molar-refractivity contribution in [2.24, 2.45) is 0 Å². The number of amides is 3. The molecule has 1 rings (SSSR count). The van der Waals surface area contributed by atoms with Crippen LogP contribution in [-0.4, -0.2) is 42.0 Å². The Balaban J connectivity index is 2.78. The minimum Gasteiger partial charge on any atom is -0.322 e. The number of imide groups is 1. The number of hydrogen-bond acceptors (Lipinski definition) is 3. The van der Waals surface area contributed by atoms with Crippen LogP contribution in [0, 0.1) is 0 Å². The number of hydrogen-bond donors (Lipinski definition) is 2. The summed E-state index contributed by atoms with van der Waals surface area (Å²) in [6.45, 7) is 6.55. The van der Waals surface area contributed by atoms with Gasteiger partial charge in [-0.25, -0.2) is 4.79 Å². The van der Waals surface area contributed by atoms with Gasteiger partial charge in [0.15, 0.2) is 0 Å². The lowest BCUT2D eigenvalue weighted by atomic mass is 9.95. The lowest BCUT2D eigenvalue weighted by Gasteiger charge is -2.32. The van der Waals surface area contributed by atoms with Gasteiger partial charge < -0.3 is 10.2 Å². The first-order valence-electron chi connectivity index (χ1n) is 5.25. The fraction of sp³-hybridized carbons (Fsp3) is 0.800. The lowest BCUT2D eigenvalue weighted by Crippen LogP contribution is -2.55. The Labute approximate surface area is 90.2 Å². The van der Waals surface area contributed by atoms with E-state index in [1.165, 1.54) is 0 Å². The Kier molecular flexibility index (Phi) is 3.34. The molecule has 1 aliphatic rings. The maximum absolute atomic E-state index is 11.7. The van der Waals surface area contributed by atoms with Gasteiger partial charge in [-0.1, -0.05) is 6.92 Å². The highest BCUT2D eigenvalue weighted by atomic mass is 16.2. The minimum atomic E-state index is -0.754. The van der Waals surface area contributed by atoms with Crippen molar-refractivity contribution < 1.29 is 9.59 Å². The van der Waals surface area contributed by atoms with Gasteiger partial charge in [-0.2, -0.15) is 0 Å². The average Bonchev–Trinajstić information content (AvgIpc) is 2.42. The van der Waals surface area contributed by atoms with Gasteiger partial charge in [-0.05, 0) is 27.3 Å². The molecule has 3 amide bonds. The van der Waals surface area contributed by atoms with Crippen molar-refractivity contribution in [2.75, 3.05) is 13.6 Å². The van der Waals surface area contributed by atoms with E-state index >= 15 is 0 Å². The van der Waals surface area contributed by atoms with Crippen molar-refractivity contribution in [3.8, 4) is 0 Å². The number of carbonyl (C=O) groups is 2. The van der Waals surface area contributed by atoms with Crippen LogP contribution in [0.4, 0.5) is 4.79 Å². The predicted molar refractivity (Wildman–Crippen MR) is 57.5 cm³/mol. The van der Waals surface area contributed by atoms with E-state index in [1.54, 1.807) is 0 Å². The third-order valence-corrected chi connectivity index (χ3v) is 3.02. The summed E-state index contributed by atoms with van der Waals surface area (Å²) in [5, 5.41) is 5.00. The maximum Gasteiger partial charge on any atom is 0.322 e. The molecule has 1 fully saturated rings. The number of carbonyl (C=O) groups excluding carboxylic acids is 2. The molecule has 0 aromatic heterocycles. The van der Waals surface area contributed by atoms with Crippen LogP contribution in [0.25, 0.3) is 0 Å². The first kappa shape index (κ1) is 12.0. The van der Waals surface area contributed by atoms with E-state index in [4.69, 9.17) is 0 Å². The molecule has 0 spiro atoms. The smallest absolute Gasteiger partial charge is 0.322 e. The second-order valence-corrected chi connectivity index (χ2v) is 4.35. The Morgan fingerprint density at radius 3 is 2.33 bits per heavy atom. The molecule has 0 aliphatic carbocycles. The number of urea groups is 1. The third kappa shape index (κ3) is 2.28. The zero-order valence-electron chi connectivity index (χ0n) is 9.76. The number of likely N-dealkylation sites (N-methyl/N-ethyl adjacent to an activating group) is 1. The van der Waals surface area contributed by atoms with E-state index in [9.17, 15) is 9.59 Å². The van der Waals surface area contributed by atoms with Gasteiger partial charge in [0.05, 0.1) is 0 Å². The van der Waals surface area contributed by atoms with Crippen LogP contribution in [0.1, 0.15) is 27.2 Å². The van der Waals surface area contributed by atoms with Crippen LogP contribution in [0.2, 0.25) is 0 Å². The van der Waals surface area contributed by atoms with E-state index in [2.05, 4.69) is 29.4 Å². The van der Waals surface area contributed by atoms with Gasteiger partial charge in [0, 0.05) is 12.6 Å². The average molecular weight is 213 g/mol. The minimum absolute atomic E-state index is 0.220. The van der Waals surface area contributed by atoms with Crippen molar-refractivity contribution in [3.05, 3.63) is 0 Å². The molecule has 15 heavy (non-hydrogen) atoms. The van der Waals surface area contributed by atoms with Gasteiger partial charge in [-0.3, -0.25) is 10.1 Å². The largest absolute Gasteiger partial charge is 0.322 e. The normalized spacial score (nSPS) is 26.0. The van der Waals surface area contributed by atoms with Crippen LogP contribution in [0.5, 0.6) is 0 Å². The third-order valence-electron chi connectivity index (χ3n) is 3.02. The van der Waals surface area contributed by atoms with Crippen LogP contribution >= 0.6 is 0 Å². The fourth-order valence-electron chi connectivity index (χ4n) is 1.61. The van der Waals surface area contributed by atoms with Gasteiger partial charge in [0.2, 0.25) is 0 Å². The number of nitrogens with zero attached hydrogens (tertiary/aromatic N) is 1. The zero-order chi connectivity index (χ0) is 11.6. The molecular weight excluding hydrogens is 194 g/mol. The highest BCUT2D eigenvalue weighted by Gasteiger charge is 2.45. The summed E-state index contributed by atoms with van der Waals surface area (Å²) in [5.41, 5.74) is -0.754. The summed E-state index contributed by atoms with van der Waals surface area (Å²) >= 11 is 0. The van der Waals surface area contributed by atoms with Crippen molar-refractivity contribution in [1.29, 1.82) is 0 Å². The van der Waals surface area contributed by atoms with Crippen molar-refractivity contribution in [2.45, 2.75) is 38.8 Å². The molecule has 2 N–H and O–H groups in total. The molecule has 1 atom stereocenters. The quantitative estimate of drug-likeness (QED) is 0.661. The van der Waals surface area contributed by atoms with Gasteiger partial charge in [-0.15, -0.1) is 0 Å². The highest BCUT2D eigenvalue weighted by molar-refractivity contribution is 6.07. The van der Waals surface area contributed by atoms with Gasteiger partial charge >= 0.3 is 6.03 Å². The first-order chi connectivity index (χ1) is 6.91. The van der Waals surface area contributed by atoms with E-state index in [0.717, 1.165) is 0 Å². The monoisotopic (exact) mass is 213 g/mol. The standard InChI is InChI=1S/C10H19N3O2/c1-5-10(6-13(4)7(2)3)8(14)11-9(15)12-10/h7H,5-6H2,1-4H3,(H2,11,12,14,15)/t10-/m1/s1. The van der Waals surface area contributed by atoms with Crippen LogP contribution < -0.4 is 10.6 Å². The topological polar surface area (TPSA) is 61.4 Å². The molecule has 0 radical (unpaired) electrons. The van der Waals surface area contributed by atoms with Crippen LogP contribution in [0.3, 0.4) is 0 Å². The predicted octanol–water partition coefficient (Wildman–Crippen LogP) is 0.315. The molecule has 1 heterocycles. The molecule has 0 saturated carbocycles. The molecule has 1 saturated heterocycles. The summed E-state index contributed by atoms with van der Waals surface area (Å²) in [4.78, 5) is 24.8. The van der Waals surface area contributed by atoms with Gasteiger partial charge in [0.1, 0.15) is 5.54 Å². The maximum atomic E-state index is 11.7. The van der Waals surface area contributed by atoms with Crippen molar-refractivity contribution in [1.82, 2.24) is 15.5 Å². The second-order valence-electron chi connectivity index (χ2n) is 4.35. The van der Waals surface area contributed by atoms with Crippen LogP contribution in [-0.2, 0) is 4.79 Å². The Bertz CT molecular complexity index is 278. The Morgan fingerprint density at radius 2 is 2.00 bits per heavy atom. The molecule has 86 valence electrons.